The van der Waals surface area contributed by atoms with Gasteiger partial charge < -0.3 is 25.6 Å². The average molecular weight is 453 g/mol. The van der Waals surface area contributed by atoms with Gasteiger partial charge in [0.25, 0.3) is 0 Å². The Morgan fingerprint density at radius 1 is 1.12 bits per heavy atom. The van der Waals surface area contributed by atoms with E-state index in [-0.39, 0.29) is 32.2 Å². The van der Waals surface area contributed by atoms with Gasteiger partial charge in [0, 0.05) is 43.5 Å². The number of nitrogens with zero attached hydrogens (tertiary/aromatic N) is 2. The SMILES string of the molecule is CCNC(=O)Nc1cc2c(-c3ccncc3)ccc(CNC(=O)OCC[C@@H](O)CO)c2cn1. The first kappa shape index (κ1) is 23.9. The maximum absolute atomic E-state index is 12.0. The molecule has 10 nitrogen and oxygen atoms in total. The van der Waals surface area contributed by atoms with Gasteiger partial charge in [0.05, 0.1) is 19.3 Å². The second-order valence-electron chi connectivity index (χ2n) is 7.22. The number of aromatic nitrogens is 2. The minimum atomic E-state index is -0.921. The van der Waals surface area contributed by atoms with E-state index in [4.69, 9.17) is 9.84 Å². The molecule has 1 atom stereocenters. The minimum absolute atomic E-state index is 0.00824. The van der Waals surface area contributed by atoms with Crippen LogP contribution in [0.4, 0.5) is 15.4 Å². The number of amides is 3. The van der Waals surface area contributed by atoms with Gasteiger partial charge >= 0.3 is 12.1 Å². The number of nitrogens with one attached hydrogen (secondary N) is 3. The zero-order chi connectivity index (χ0) is 23.6. The second kappa shape index (κ2) is 11.7. The molecule has 174 valence electrons. The van der Waals surface area contributed by atoms with Crippen LogP contribution in [0.1, 0.15) is 18.9 Å². The standard InChI is InChI=1S/C23H27N5O5/c1-2-25-22(31)28-21-11-19-18(15-5-8-24-9-6-15)4-3-16(20(19)13-26-21)12-27-23(32)33-10-7-17(30)14-29/h3-6,8-9,11,13,17,29-30H,2,7,10,12,14H2,1H3,(H,27,32)(H2,25,26,28,31)/t17-/m1/s1. The molecule has 0 aliphatic carbocycles. The van der Waals surface area contributed by atoms with Gasteiger partial charge in [-0.15, -0.1) is 0 Å². The zero-order valence-corrected chi connectivity index (χ0v) is 18.2. The fourth-order valence-corrected chi connectivity index (χ4v) is 3.22. The van der Waals surface area contributed by atoms with Gasteiger partial charge in [-0.1, -0.05) is 12.1 Å². The van der Waals surface area contributed by atoms with Crippen LogP contribution in [0, 0.1) is 0 Å². The number of aliphatic hydroxyl groups excluding tert-OH is 2. The quantitative estimate of drug-likeness (QED) is 0.334. The van der Waals surface area contributed by atoms with Gasteiger partial charge in [0.1, 0.15) is 5.82 Å². The van der Waals surface area contributed by atoms with Crippen molar-refractivity contribution in [3.8, 4) is 11.1 Å². The number of benzene rings is 1. The topological polar surface area (TPSA) is 146 Å². The Balaban J connectivity index is 1.84. The predicted octanol–water partition coefficient (Wildman–Crippen LogP) is 2.41. The Kier molecular flexibility index (Phi) is 8.50. The summed E-state index contributed by atoms with van der Waals surface area (Å²) in [5.74, 6) is 0.399. The molecule has 0 spiro atoms. The molecule has 0 aliphatic heterocycles. The summed E-state index contributed by atoms with van der Waals surface area (Å²) in [7, 11) is 0. The number of pyridine rings is 2. The van der Waals surface area contributed by atoms with Crippen LogP contribution in [-0.4, -0.2) is 58.2 Å². The molecule has 33 heavy (non-hydrogen) atoms. The summed E-state index contributed by atoms with van der Waals surface area (Å²) in [4.78, 5) is 32.3. The number of rotatable bonds is 9. The zero-order valence-electron chi connectivity index (χ0n) is 18.2. The maximum atomic E-state index is 12.0. The molecule has 3 amide bonds. The van der Waals surface area contributed by atoms with Crippen LogP contribution >= 0.6 is 0 Å². The highest BCUT2D eigenvalue weighted by Gasteiger charge is 2.12. The van der Waals surface area contributed by atoms with E-state index in [2.05, 4.69) is 25.9 Å². The van der Waals surface area contributed by atoms with Gasteiger partial charge in [0.15, 0.2) is 0 Å². The van der Waals surface area contributed by atoms with Crippen molar-refractivity contribution in [2.45, 2.75) is 26.0 Å². The summed E-state index contributed by atoms with van der Waals surface area (Å²) < 4.78 is 5.03. The molecule has 2 heterocycles. The van der Waals surface area contributed by atoms with Crippen molar-refractivity contribution in [3.05, 3.63) is 54.5 Å². The van der Waals surface area contributed by atoms with Crippen molar-refractivity contribution in [1.82, 2.24) is 20.6 Å². The lowest BCUT2D eigenvalue weighted by Gasteiger charge is -2.14. The highest BCUT2D eigenvalue weighted by molar-refractivity contribution is 6.00. The lowest BCUT2D eigenvalue weighted by atomic mass is 9.96. The van der Waals surface area contributed by atoms with E-state index >= 15 is 0 Å². The molecule has 0 saturated carbocycles. The van der Waals surface area contributed by atoms with Crippen molar-refractivity contribution < 1.29 is 24.5 Å². The number of fused-ring (bicyclic) bond motifs is 1. The van der Waals surface area contributed by atoms with Crippen molar-refractivity contribution >= 4 is 28.7 Å². The largest absolute Gasteiger partial charge is 0.449 e. The average Bonchev–Trinajstić information content (AvgIpc) is 2.83. The normalized spacial score (nSPS) is 11.6. The van der Waals surface area contributed by atoms with Gasteiger partial charge in [-0.25, -0.2) is 14.6 Å². The Morgan fingerprint density at radius 2 is 1.91 bits per heavy atom. The molecule has 0 aliphatic rings. The smallest absolute Gasteiger partial charge is 0.407 e. The molecular formula is C23H27N5O5. The number of carbonyl (C=O) groups is 2. The lowest BCUT2D eigenvalue weighted by Crippen LogP contribution is -2.28. The van der Waals surface area contributed by atoms with E-state index < -0.39 is 12.2 Å². The Labute approximate surface area is 191 Å². The summed E-state index contributed by atoms with van der Waals surface area (Å²) in [6.07, 6.45) is 3.66. The van der Waals surface area contributed by atoms with Crippen LogP contribution < -0.4 is 16.0 Å². The second-order valence-corrected chi connectivity index (χ2v) is 7.22. The fraction of sp³-hybridized carbons (Fsp3) is 0.304. The summed E-state index contributed by atoms with van der Waals surface area (Å²) in [5, 5.41) is 27.9. The number of ether oxygens (including phenoxy) is 1. The lowest BCUT2D eigenvalue weighted by molar-refractivity contribution is 0.0639. The molecule has 0 unspecified atom stereocenters. The van der Waals surface area contributed by atoms with Crippen molar-refractivity contribution in [2.75, 3.05) is 25.1 Å². The fourth-order valence-electron chi connectivity index (χ4n) is 3.22. The molecule has 2 aromatic heterocycles. The molecule has 10 heteroatoms. The Bertz CT molecular complexity index is 1090. The Hall–Kier alpha value is -3.76. The monoisotopic (exact) mass is 453 g/mol. The van der Waals surface area contributed by atoms with Crippen LogP contribution in [0.15, 0.2) is 48.9 Å². The third-order valence-corrected chi connectivity index (χ3v) is 4.88. The first-order chi connectivity index (χ1) is 16.0. The highest BCUT2D eigenvalue weighted by atomic mass is 16.5. The molecule has 3 aromatic rings. The molecule has 0 fully saturated rings. The third-order valence-electron chi connectivity index (χ3n) is 4.88. The Morgan fingerprint density at radius 3 is 2.64 bits per heavy atom. The maximum Gasteiger partial charge on any atom is 0.407 e. The number of urea groups is 1. The van der Waals surface area contributed by atoms with Crippen LogP contribution in [0.25, 0.3) is 21.9 Å². The summed E-state index contributed by atoms with van der Waals surface area (Å²) in [6.45, 7) is 2.12. The van der Waals surface area contributed by atoms with Crippen LogP contribution in [0.3, 0.4) is 0 Å². The van der Waals surface area contributed by atoms with Gasteiger partial charge in [-0.05, 0) is 47.2 Å². The number of alkyl carbamates (subject to hydrolysis) is 1. The predicted molar refractivity (Wildman–Crippen MR) is 124 cm³/mol. The van der Waals surface area contributed by atoms with Crippen LogP contribution in [-0.2, 0) is 11.3 Å². The summed E-state index contributed by atoms with van der Waals surface area (Å²) >= 11 is 0. The van der Waals surface area contributed by atoms with Crippen LogP contribution in [0.2, 0.25) is 0 Å². The number of aliphatic hydroxyl groups is 2. The minimum Gasteiger partial charge on any atom is -0.449 e. The molecule has 5 N–H and O–H groups in total. The molecular weight excluding hydrogens is 426 g/mol. The molecule has 0 radical (unpaired) electrons. The first-order valence-corrected chi connectivity index (χ1v) is 10.6. The van der Waals surface area contributed by atoms with Gasteiger partial charge in [0.2, 0.25) is 0 Å². The van der Waals surface area contributed by atoms with Gasteiger partial charge in [-0.2, -0.15) is 0 Å². The van der Waals surface area contributed by atoms with E-state index in [1.54, 1.807) is 24.7 Å². The first-order valence-electron chi connectivity index (χ1n) is 10.6. The van der Waals surface area contributed by atoms with E-state index in [0.717, 1.165) is 27.5 Å². The number of hydrogen-bond acceptors (Lipinski definition) is 7. The van der Waals surface area contributed by atoms with Crippen molar-refractivity contribution in [3.63, 3.8) is 0 Å². The third kappa shape index (κ3) is 6.61. The molecule has 0 bridgehead atoms. The molecule has 0 saturated heterocycles. The number of anilines is 1. The molecule has 3 rings (SSSR count). The van der Waals surface area contributed by atoms with Crippen molar-refractivity contribution in [2.24, 2.45) is 0 Å². The van der Waals surface area contributed by atoms with Gasteiger partial charge in [-0.3, -0.25) is 10.3 Å². The summed E-state index contributed by atoms with van der Waals surface area (Å²) in [6, 6.07) is 9.06. The number of hydrogen-bond donors (Lipinski definition) is 5. The van der Waals surface area contributed by atoms with E-state index in [1.807, 2.05) is 31.2 Å². The van der Waals surface area contributed by atoms with E-state index in [1.165, 1.54) is 0 Å². The van der Waals surface area contributed by atoms with Crippen molar-refractivity contribution in [1.29, 1.82) is 0 Å². The molecule has 1 aromatic carbocycles. The number of carbonyl (C=O) groups excluding carboxylic acids is 2. The van der Waals surface area contributed by atoms with E-state index in [9.17, 15) is 14.7 Å². The highest BCUT2D eigenvalue weighted by Crippen LogP contribution is 2.31. The van der Waals surface area contributed by atoms with Crippen LogP contribution in [0.5, 0.6) is 0 Å². The van der Waals surface area contributed by atoms with E-state index in [0.29, 0.717) is 12.4 Å². The summed E-state index contributed by atoms with van der Waals surface area (Å²) in [5.41, 5.74) is 2.69.